The van der Waals surface area contributed by atoms with Crippen LogP contribution in [0.5, 0.6) is 0 Å². The lowest BCUT2D eigenvalue weighted by Crippen LogP contribution is -2.18. The Hall–Kier alpha value is -1.75. The van der Waals surface area contributed by atoms with Crippen molar-refractivity contribution in [2.24, 2.45) is 0 Å². The second-order valence-electron chi connectivity index (χ2n) is 3.97. The number of rotatable bonds is 4. The Labute approximate surface area is 98.8 Å². The molecular formula is C12H14FN3O. The van der Waals surface area contributed by atoms with Gasteiger partial charge in [-0.3, -0.25) is 4.98 Å². The van der Waals surface area contributed by atoms with Gasteiger partial charge >= 0.3 is 0 Å². The number of halogens is 1. The molecule has 1 atom stereocenters. The van der Waals surface area contributed by atoms with Gasteiger partial charge in [0.1, 0.15) is 11.6 Å². The summed E-state index contributed by atoms with van der Waals surface area (Å²) in [4.78, 5) is 3.82. The Bertz CT molecular complexity index is 498. The van der Waals surface area contributed by atoms with Crippen LogP contribution >= 0.6 is 0 Å². The molecule has 0 bridgehead atoms. The highest BCUT2D eigenvalue weighted by molar-refractivity contribution is 5.14. The van der Waals surface area contributed by atoms with Gasteiger partial charge < -0.3 is 9.84 Å². The normalized spacial score (nSPS) is 12.6. The van der Waals surface area contributed by atoms with Gasteiger partial charge in [0.05, 0.1) is 11.9 Å². The maximum Gasteiger partial charge on any atom is 0.141 e. The molecule has 0 saturated carbocycles. The summed E-state index contributed by atoms with van der Waals surface area (Å²) in [7, 11) is 0. The maximum atomic E-state index is 13.0. The Morgan fingerprint density at radius 3 is 2.88 bits per heavy atom. The predicted octanol–water partition coefficient (Wildman–Crippen LogP) is 2.37. The van der Waals surface area contributed by atoms with Gasteiger partial charge in [-0.15, -0.1) is 0 Å². The first-order chi connectivity index (χ1) is 8.15. The second-order valence-corrected chi connectivity index (χ2v) is 3.97. The van der Waals surface area contributed by atoms with Crippen LogP contribution in [0, 0.1) is 12.7 Å². The Kier molecular flexibility index (Phi) is 3.49. The second kappa shape index (κ2) is 5.05. The summed E-state index contributed by atoms with van der Waals surface area (Å²) in [5.74, 6) is 0.454. The number of hydrogen-bond donors (Lipinski definition) is 1. The zero-order valence-corrected chi connectivity index (χ0v) is 9.77. The van der Waals surface area contributed by atoms with Crippen molar-refractivity contribution in [1.29, 1.82) is 0 Å². The van der Waals surface area contributed by atoms with Crippen molar-refractivity contribution in [3.05, 3.63) is 47.4 Å². The SMILES string of the molecule is Cc1cc(CNC(C)c2cncc(F)c2)no1. The largest absolute Gasteiger partial charge is 0.361 e. The molecule has 0 spiro atoms. The van der Waals surface area contributed by atoms with Gasteiger partial charge in [0.2, 0.25) is 0 Å². The van der Waals surface area contributed by atoms with E-state index in [2.05, 4.69) is 15.5 Å². The van der Waals surface area contributed by atoms with E-state index in [1.54, 1.807) is 6.20 Å². The van der Waals surface area contributed by atoms with Crippen molar-refractivity contribution in [3.8, 4) is 0 Å². The van der Waals surface area contributed by atoms with Crippen molar-refractivity contribution in [2.45, 2.75) is 26.4 Å². The molecule has 0 saturated heterocycles. The lowest BCUT2D eigenvalue weighted by Gasteiger charge is -2.12. The van der Waals surface area contributed by atoms with E-state index in [0.29, 0.717) is 6.54 Å². The smallest absolute Gasteiger partial charge is 0.141 e. The molecule has 2 aromatic heterocycles. The Morgan fingerprint density at radius 1 is 1.41 bits per heavy atom. The first-order valence-corrected chi connectivity index (χ1v) is 5.41. The quantitative estimate of drug-likeness (QED) is 0.883. The van der Waals surface area contributed by atoms with Crippen molar-refractivity contribution >= 4 is 0 Å². The third kappa shape index (κ3) is 3.10. The van der Waals surface area contributed by atoms with Gasteiger partial charge in [0, 0.05) is 24.8 Å². The zero-order chi connectivity index (χ0) is 12.3. The number of nitrogens with one attached hydrogen (secondary N) is 1. The number of nitrogens with zero attached hydrogens (tertiary/aromatic N) is 2. The molecule has 2 rings (SSSR count). The molecule has 0 fully saturated rings. The predicted molar refractivity (Wildman–Crippen MR) is 60.7 cm³/mol. The number of aryl methyl sites for hydroxylation is 1. The summed E-state index contributed by atoms with van der Waals surface area (Å²) in [6.07, 6.45) is 2.84. The highest BCUT2D eigenvalue weighted by atomic mass is 19.1. The van der Waals surface area contributed by atoms with Gasteiger partial charge in [-0.2, -0.15) is 0 Å². The fraction of sp³-hybridized carbons (Fsp3) is 0.333. The van der Waals surface area contributed by atoms with E-state index in [0.717, 1.165) is 17.0 Å². The van der Waals surface area contributed by atoms with Crippen molar-refractivity contribution in [3.63, 3.8) is 0 Å². The lowest BCUT2D eigenvalue weighted by molar-refractivity contribution is 0.386. The summed E-state index contributed by atoms with van der Waals surface area (Å²) < 4.78 is 17.9. The van der Waals surface area contributed by atoms with E-state index in [1.165, 1.54) is 12.3 Å². The molecule has 0 aromatic carbocycles. The number of hydrogen-bond acceptors (Lipinski definition) is 4. The molecule has 2 heterocycles. The van der Waals surface area contributed by atoms with Crippen molar-refractivity contribution < 1.29 is 8.91 Å². The molecule has 0 amide bonds. The van der Waals surface area contributed by atoms with E-state index in [-0.39, 0.29) is 11.9 Å². The van der Waals surface area contributed by atoms with Crippen LogP contribution in [0.15, 0.2) is 29.0 Å². The first-order valence-electron chi connectivity index (χ1n) is 5.41. The summed E-state index contributed by atoms with van der Waals surface area (Å²) in [5, 5.41) is 7.10. The Morgan fingerprint density at radius 2 is 2.24 bits per heavy atom. The van der Waals surface area contributed by atoms with Gasteiger partial charge in [-0.25, -0.2) is 4.39 Å². The molecule has 0 aliphatic carbocycles. The van der Waals surface area contributed by atoms with Crippen LogP contribution in [0.25, 0.3) is 0 Å². The van der Waals surface area contributed by atoms with Crippen LogP contribution in [0.4, 0.5) is 4.39 Å². The van der Waals surface area contributed by atoms with Crippen LogP contribution in [-0.4, -0.2) is 10.1 Å². The Balaban J connectivity index is 1.95. The topological polar surface area (TPSA) is 51.0 Å². The fourth-order valence-electron chi connectivity index (χ4n) is 1.54. The zero-order valence-electron chi connectivity index (χ0n) is 9.77. The molecule has 1 unspecified atom stereocenters. The van der Waals surface area contributed by atoms with E-state index in [1.807, 2.05) is 19.9 Å². The van der Waals surface area contributed by atoms with Gasteiger partial charge in [0.25, 0.3) is 0 Å². The summed E-state index contributed by atoms with van der Waals surface area (Å²) in [6, 6.07) is 3.35. The minimum Gasteiger partial charge on any atom is -0.361 e. The van der Waals surface area contributed by atoms with Gasteiger partial charge in [-0.1, -0.05) is 5.16 Å². The molecule has 90 valence electrons. The van der Waals surface area contributed by atoms with Crippen molar-refractivity contribution in [2.75, 3.05) is 0 Å². The minimum atomic E-state index is -0.326. The van der Waals surface area contributed by atoms with E-state index >= 15 is 0 Å². The van der Waals surface area contributed by atoms with E-state index in [4.69, 9.17) is 4.52 Å². The van der Waals surface area contributed by atoms with Crippen LogP contribution in [0.1, 0.15) is 30.0 Å². The molecule has 0 aliphatic rings. The van der Waals surface area contributed by atoms with Gasteiger partial charge in [0.15, 0.2) is 0 Å². The summed E-state index contributed by atoms with van der Waals surface area (Å²) in [6.45, 7) is 4.37. The summed E-state index contributed by atoms with van der Waals surface area (Å²) >= 11 is 0. The molecule has 5 heteroatoms. The average molecular weight is 235 g/mol. The van der Waals surface area contributed by atoms with E-state index in [9.17, 15) is 4.39 Å². The number of aromatic nitrogens is 2. The fourth-order valence-corrected chi connectivity index (χ4v) is 1.54. The third-order valence-corrected chi connectivity index (χ3v) is 2.49. The summed E-state index contributed by atoms with van der Waals surface area (Å²) in [5.41, 5.74) is 1.64. The van der Waals surface area contributed by atoms with Gasteiger partial charge in [-0.05, 0) is 25.5 Å². The average Bonchev–Trinajstić information content (AvgIpc) is 2.72. The molecule has 2 aromatic rings. The maximum absolute atomic E-state index is 13.0. The number of pyridine rings is 1. The standard InChI is InChI=1S/C12H14FN3O/c1-8-3-12(16-17-8)7-15-9(2)10-4-11(13)6-14-5-10/h3-6,9,15H,7H2,1-2H3. The molecule has 1 N–H and O–H groups in total. The third-order valence-electron chi connectivity index (χ3n) is 2.49. The van der Waals surface area contributed by atoms with Crippen LogP contribution < -0.4 is 5.32 Å². The molecule has 0 radical (unpaired) electrons. The molecule has 4 nitrogen and oxygen atoms in total. The molecule has 0 aliphatic heterocycles. The molecule has 17 heavy (non-hydrogen) atoms. The molecular weight excluding hydrogens is 221 g/mol. The van der Waals surface area contributed by atoms with Crippen LogP contribution in [-0.2, 0) is 6.54 Å². The highest BCUT2D eigenvalue weighted by Gasteiger charge is 2.07. The van der Waals surface area contributed by atoms with Crippen LogP contribution in [0.3, 0.4) is 0 Å². The highest BCUT2D eigenvalue weighted by Crippen LogP contribution is 2.12. The van der Waals surface area contributed by atoms with Crippen LogP contribution in [0.2, 0.25) is 0 Å². The lowest BCUT2D eigenvalue weighted by atomic mass is 10.1. The minimum absolute atomic E-state index is 0.00945. The van der Waals surface area contributed by atoms with Crippen molar-refractivity contribution in [1.82, 2.24) is 15.5 Å². The first kappa shape index (κ1) is 11.7. The van der Waals surface area contributed by atoms with E-state index < -0.39 is 0 Å². The monoisotopic (exact) mass is 235 g/mol.